The summed E-state index contributed by atoms with van der Waals surface area (Å²) in [5.41, 5.74) is 1.14. The zero-order valence-electron chi connectivity index (χ0n) is 15.7. The molecule has 0 spiro atoms. The molecule has 0 bridgehead atoms. The number of aromatic nitrogens is 2. The van der Waals surface area contributed by atoms with Gasteiger partial charge in [-0.1, -0.05) is 84.6 Å². The van der Waals surface area contributed by atoms with Gasteiger partial charge < -0.3 is 4.74 Å². The summed E-state index contributed by atoms with van der Waals surface area (Å²) in [4.78, 5) is 12.4. The predicted octanol–water partition coefficient (Wildman–Crippen LogP) is 5.28. The minimum absolute atomic E-state index is 0.0493. The number of nitrogens with one attached hydrogen (secondary N) is 1. The Bertz CT molecular complexity index is 963. The molecule has 0 saturated carbocycles. The van der Waals surface area contributed by atoms with E-state index >= 15 is 0 Å². The molecule has 1 unspecified atom stereocenters. The maximum absolute atomic E-state index is 13.8. The number of hydrogen-bond acceptors (Lipinski definition) is 6. The Labute approximate surface area is 177 Å². The topological polar surface area (TPSA) is 64.1 Å². The molecule has 8 heteroatoms. The maximum Gasteiger partial charge on any atom is 0.267 e. The van der Waals surface area contributed by atoms with Crippen LogP contribution in [0.15, 0.2) is 65.0 Å². The van der Waals surface area contributed by atoms with E-state index < -0.39 is 11.9 Å². The second-order valence-electron chi connectivity index (χ2n) is 5.93. The van der Waals surface area contributed by atoms with Gasteiger partial charge in [0.25, 0.3) is 5.91 Å². The van der Waals surface area contributed by atoms with E-state index in [1.54, 1.807) is 19.1 Å². The second-order valence-corrected chi connectivity index (χ2v) is 8.18. The quantitative estimate of drug-likeness (QED) is 0.370. The Kier molecular flexibility index (Phi) is 7.77. The fourth-order valence-electron chi connectivity index (χ4n) is 2.39. The molecule has 1 heterocycles. The highest BCUT2D eigenvalue weighted by Crippen LogP contribution is 2.26. The Balaban J connectivity index is 1.51. The lowest BCUT2D eigenvalue weighted by Gasteiger charge is -2.16. The molecule has 29 heavy (non-hydrogen) atoms. The maximum atomic E-state index is 13.8. The molecule has 3 aromatic rings. The van der Waals surface area contributed by atoms with Crippen molar-refractivity contribution in [2.75, 3.05) is 11.1 Å². The molecule has 0 aliphatic heterocycles. The molecule has 3 rings (SSSR count). The van der Waals surface area contributed by atoms with Crippen molar-refractivity contribution < 1.29 is 13.9 Å². The summed E-state index contributed by atoms with van der Waals surface area (Å²) in [6, 6.07) is 16.0. The zero-order valence-corrected chi connectivity index (χ0v) is 17.4. The number of anilines is 1. The molecule has 0 saturated heterocycles. The molecule has 1 amide bonds. The van der Waals surface area contributed by atoms with Crippen molar-refractivity contribution in [3.63, 3.8) is 0 Å². The van der Waals surface area contributed by atoms with E-state index in [0.717, 1.165) is 15.7 Å². The Hall–Kier alpha value is -2.71. The number of carbonyl (C=O) groups excluding carboxylic acids is 1. The number of thioether (sulfide) groups is 1. The number of benzene rings is 2. The van der Waals surface area contributed by atoms with E-state index in [1.807, 2.05) is 36.4 Å². The average Bonchev–Trinajstić information content (AvgIpc) is 3.18. The first kappa shape index (κ1) is 21.0. The first-order chi connectivity index (χ1) is 14.2. The van der Waals surface area contributed by atoms with Crippen molar-refractivity contribution in [3.05, 3.63) is 72.1 Å². The molecule has 1 N–H and O–H groups in total. The van der Waals surface area contributed by atoms with Gasteiger partial charge in [-0.15, -0.1) is 10.2 Å². The van der Waals surface area contributed by atoms with Gasteiger partial charge in [-0.2, -0.15) is 0 Å². The van der Waals surface area contributed by atoms with E-state index in [1.165, 1.54) is 35.2 Å². The minimum atomic E-state index is -0.819. The van der Waals surface area contributed by atoms with Crippen LogP contribution in [0.25, 0.3) is 6.08 Å². The fourth-order valence-corrected chi connectivity index (χ4v) is 3.98. The van der Waals surface area contributed by atoms with Crippen LogP contribution in [0.3, 0.4) is 0 Å². The van der Waals surface area contributed by atoms with Gasteiger partial charge in [-0.3, -0.25) is 10.1 Å². The van der Waals surface area contributed by atoms with Crippen LogP contribution in [0.4, 0.5) is 9.52 Å². The number of halogens is 1. The summed E-state index contributed by atoms with van der Waals surface area (Å²) in [5.74, 6) is -0.0941. The Morgan fingerprint density at radius 3 is 2.72 bits per heavy atom. The lowest BCUT2D eigenvalue weighted by Crippen LogP contribution is -2.32. The van der Waals surface area contributed by atoms with Crippen molar-refractivity contribution >= 4 is 40.2 Å². The summed E-state index contributed by atoms with van der Waals surface area (Å²) in [6.45, 7) is 1.80. The van der Waals surface area contributed by atoms with Gasteiger partial charge in [0, 0.05) is 5.75 Å². The first-order valence-corrected chi connectivity index (χ1v) is 10.9. The number of amides is 1. The van der Waals surface area contributed by atoms with E-state index in [0.29, 0.717) is 11.6 Å². The van der Waals surface area contributed by atoms with Gasteiger partial charge in [0.05, 0.1) is 0 Å². The third kappa shape index (κ3) is 6.40. The van der Waals surface area contributed by atoms with Crippen molar-refractivity contribution in [1.82, 2.24) is 10.2 Å². The normalized spacial score (nSPS) is 12.1. The van der Waals surface area contributed by atoms with E-state index in [-0.39, 0.29) is 11.7 Å². The van der Waals surface area contributed by atoms with Gasteiger partial charge in [0.15, 0.2) is 22.0 Å². The summed E-state index contributed by atoms with van der Waals surface area (Å²) in [7, 11) is 0. The SMILES string of the molecule is CCC(Oc1ccccc1F)C(=O)Nc1nnc(SC/C=C/c2ccccc2)s1. The van der Waals surface area contributed by atoms with Crippen LogP contribution in [-0.4, -0.2) is 28.0 Å². The van der Waals surface area contributed by atoms with Gasteiger partial charge in [0.2, 0.25) is 5.13 Å². The van der Waals surface area contributed by atoms with Gasteiger partial charge in [0.1, 0.15) is 0 Å². The van der Waals surface area contributed by atoms with E-state index in [2.05, 4.69) is 21.6 Å². The van der Waals surface area contributed by atoms with Crippen LogP contribution in [0.5, 0.6) is 5.75 Å². The lowest BCUT2D eigenvalue weighted by atomic mass is 10.2. The zero-order chi connectivity index (χ0) is 20.5. The van der Waals surface area contributed by atoms with Crippen LogP contribution in [0.1, 0.15) is 18.9 Å². The molecule has 1 aromatic heterocycles. The number of ether oxygens (including phenoxy) is 1. The number of hydrogen-bond donors (Lipinski definition) is 1. The standard InChI is InChI=1S/C21H20FN3O2S2/c1-2-17(27-18-13-7-6-12-16(18)22)19(26)23-20-24-25-21(29-20)28-14-8-11-15-9-4-3-5-10-15/h3-13,17H,2,14H2,1H3,(H,23,24,26)/b11-8+. The Morgan fingerprint density at radius 1 is 1.21 bits per heavy atom. The average molecular weight is 430 g/mol. The van der Waals surface area contributed by atoms with Crippen LogP contribution >= 0.6 is 23.1 Å². The lowest BCUT2D eigenvalue weighted by molar-refractivity contribution is -0.122. The smallest absolute Gasteiger partial charge is 0.267 e. The molecule has 5 nitrogen and oxygen atoms in total. The largest absolute Gasteiger partial charge is 0.478 e. The highest BCUT2D eigenvalue weighted by atomic mass is 32.2. The fraction of sp³-hybridized carbons (Fsp3) is 0.190. The van der Waals surface area contributed by atoms with Crippen molar-refractivity contribution in [1.29, 1.82) is 0 Å². The second kappa shape index (κ2) is 10.7. The predicted molar refractivity (Wildman–Crippen MR) is 116 cm³/mol. The summed E-state index contributed by atoms with van der Waals surface area (Å²) in [5, 5.41) is 11.2. The molecular formula is C21H20FN3O2S2. The van der Waals surface area contributed by atoms with Crippen LogP contribution in [0.2, 0.25) is 0 Å². The highest BCUT2D eigenvalue weighted by molar-refractivity contribution is 8.01. The summed E-state index contributed by atoms with van der Waals surface area (Å²) >= 11 is 2.82. The molecule has 0 radical (unpaired) electrons. The molecule has 2 aromatic carbocycles. The van der Waals surface area contributed by atoms with Gasteiger partial charge >= 0.3 is 0 Å². The molecular weight excluding hydrogens is 409 g/mol. The molecule has 0 aliphatic rings. The number of rotatable bonds is 9. The third-order valence-corrected chi connectivity index (χ3v) is 5.74. The van der Waals surface area contributed by atoms with Gasteiger partial charge in [-0.05, 0) is 24.1 Å². The van der Waals surface area contributed by atoms with E-state index in [9.17, 15) is 9.18 Å². The van der Waals surface area contributed by atoms with Crippen molar-refractivity contribution in [2.45, 2.75) is 23.8 Å². The third-order valence-electron chi connectivity index (χ3n) is 3.82. The Morgan fingerprint density at radius 2 is 1.97 bits per heavy atom. The van der Waals surface area contributed by atoms with Crippen LogP contribution in [-0.2, 0) is 4.79 Å². The molecule has 1 atom stereocenters. The van der Waals surface area contributed by atoms with E-state index in [4.69, 9.17) is 4.74 Å². The minimum Gasteiger partial charge on any atom is -0.478 e. The first-order valence-electron chi connectivity index (χ1n) is 9.05. The monoisotopic (exact) mass is 429 g/mol. The van der Waals surface area contributed by atoms with Crippen LogP contribution in [0, 0.1) is 5.82 Å². The highest BCUT2D eigenvalue weighted by Gasteiger charge is 2.21. The number of nitrogens with zero attached hydrogens (tertiary/aromatic N) is 2. The number of carbonyl (C=O) groups is 1. The summed E-state index contributed by atoms with van der Waals surface area (Å²) < 4.78 is 20.0. The summed E-state index contributed by atoms with van der Waals surface area (Å²) in [6.07, 6.45) is 3.67. The van der Waals surface area contributed by atoms with Crippen LogP contribution < -0.4 is 10.1 Å². The van der Waals surface area contributed by atoms with Crippen molar-refractivity contribution in [3.8, 4) is 5.75 Å². The van der Waals surface area contributed by atoms with Gasteiger partial charge in [-0.25, -0.2) is 4.39 Å². The molecule has 0 aliphatic carbocycles. The number of para-hydroxylation sites is 1. The molecule has 0 fully saturated rings. The molecule has 150 valence electrons. The van der Waals surface area contributed by atoms with Crippen molar-refractivity contribution in [2.24, 2.45) is 0 Å².